The van der Waals surface area contributed by atoms with Gasteiger partial charge in [0.2, 0.25) is 5.91 Å². The number of likely N-dealkylation sites (N-methyl/N-ethyl adjacent to an activating group) is 2. The monoisotopic (exact) mass is 256 g/mol. The Morgan fingerprint density at radius 1 is 1.22 bits per heavy atom. The first kappa shape index (κ1) is 14.8. The van der Waals surface area contributed by atoms with Crippen molar-refractivity contribution in [3.8, 4) is 0 Å². The fraction of sp³-hybridized carbons (Fsp3) is 0.833. The maximum absolute atomic E-state index is 12.2. The SMILES string of the molecule is CC(C)[C@@H](C(N)=O)N(C)C(=O)N1CC(N(C)C)C1. The van der Waals surface area contributed by atoms with Crippen LogP contribution < -0.4 is 5.73 Å². The number of nitrogens with two attached hydrogens (primary N) is 1. The highest BCUT2D eigenvalue weighted by Crippen LogP contribution is 2.17. The van der Waals surface area contributed by atoms with Crippen molar-refractivity contribution in [1.82, 2.24) is 14.7 Å². The fourth-order valence-corrected chi connectivity index (χ4v) is 2.25. The van der Waals surface area contributed by atoms with Crippen LogP contribution in [0.15, 0.2) is 0 Å². The molecule has 0 saturated carbocycles. The van der Waals surface area contributed by atoms with Gasteiger partial charge in [0, 0.05) is 26.2 Å². The van der Waals surface area contributed by atoms with E-state index in [-0.39, 0.29) is 11.9 Å². The Kier molecular flexibility index (Phi) is 4.56. The number of rotatable bonds is 4. The van der Waals surface area contributed by atoms with Gasteiger partial charge >= 0.3 is 6.03 Å². The summed E-state index contributed by atoms with van der Waals surface area (Å²) >= 11 is 0. The van der Waals surface area contributed by atoms with Crippen LogP contribution >= 0.6 is 0 Å². The zero-order valence-electron chi connectivity index (χ0n) is 11.9. The zero-order chi connectivity index (χ0) is 14.0. The molecule has 3 amide bonds. The average molecular weight is 256 g/mol. The summed E-state index contributed by atoms with van der Waals surface area (Å²) in [5.41, 5.74) is 5.35. The molecule has 0 aromatic heterocycles. The molecule has 0 unspecified atom stereocenters. The second-order valence-corrected chi connectivity index (χ2v) is 5.51. The maximum atomic E-state index is 12.2. The molecule has 0 bridgehead atoms. The predicted molar refractivity (Wildman–Crippen MR) is 70.0 cm³/mol. The highest BCUT2D eigenvalue weighted by Gasteiger charge is 2.37. The van der Waals surface area contributed by atoms with Gasteiger partial charge in [-0.3, -0.25) is 4.79 Å². The summed E-state index contributed by atoms with van der Waals surface area (Å²) in [5, 5.41) is 0. The summed E-state index contributed by atoms with van der Waals surface area (Å²) in [6.07, 6.45) is 0. The topological polar surface area (TPSA) is 69.9 Å². The number of amides is 3. The third kappa shape index (κ3) is 2.93. The van der Waals surface area contributed by atoms with E-state index >= 15 is 0 Å². The van der Waals surface area contributed by atoms with E-state index < -0.39 is 11.9 Å². The summed E-state index contributed by atoms with van der Waals surface area (Å²) < 4.78 is 0. The van der Waals surface area contributed by atoms with Crippen molar-refractivity contribution < 1.29 is 9.59 Å². The number of carbonyl (C=O) groups is 2. The molecular formula is C12H24N4O2. The second-order valence-electron chi connectivity index (χ2n) is 5.51. The largest absolute Gasteiger partial charge is 0.368 e. The minimum absolute atomic E-state index is 0.0161. The quantitative estimate of drug-likeness (QED) is 0.757. The molecule has 0 spiro atoms. The molecule has 6 heteroatoms. The first-order chi connectivity index (χ1) is 8.25. The van der Waals surface area contributed by atoms with Crippen LogP contribution in [0.3, 0.4) is 0 Å². The molecule has 1 aliphatic rings. The van der Waals surface area contributed by atoms with E-state index in [2.05, 4.69) is 4.90 Å². The number of primary amides is 1. The van der Waals surface area contributed by atoms with E-state index in [1.165, 1.54) is 4.90 Å². The molecule has 0 aromatic rings. The molecule has 1 heterocycles. The normalized spacial score (nSPS) is 17.8. The highest BCUT2D eigenvalue weighted by atomic mass is 16.2. The van der Waals surface area contributed by atoms with Crippen LogP contribution in [0.25, 0.3) is 0 Å². The van der Waals surface area contributed by atoms with Gasteiger partial charge in [0.25, 0.3) is 0 Å². The first-order valence-electron chi connectivity index (χ1n) is 6.23. The van der Waals surface area contributed by atoms with Crippen LogP contribution in [-0.4, -0.2) is 73.0 Å². The van der Waals surface area contributed by atoms with Crippen molar-refractivity contribution >= 4 is 11.9 Å². The smallest absolute Gasteiger partial charge is 0.320 e. The van der Waals surface area contributed by atoms with E-state index in [4.69, 9.17) is 5.73 Å². The lowest BCUT2D eigenvalue weighted by Crippen LogP contribution is -2.63. The molecule has 2 N–H and O–H groups in total. The van der Waals surface area contributed by atoms with Crippen molar-refractivity contribution in [2.75, 3.05) is 34.2 Å². The molecule has 1 rings (SSSR count). The highest BCUT2D eigenvalue weighted by molar-refractivity contribution is 5.86. The number of hydrogen-bond acceptors (Lipinski definition) is 3. The molecule has 0 aliphatic carbocycles. The molecule has 1 saturated heterocycles. The molecule has 1 atom stereocenters. The molecular weight excluding hydrogens is 232 g/mol. The average Bonchev–Trinajstić information content (AvgIpc) is 2.12. The van der Waals surface area contributed by atoms with E-state index in [0.717, 1.165) is 0 Å². The van der Waals surface area contributed by atoms with E-state index in [9.17, 15) is 9.59 Å². The minimum Gasteiger partial charge on any atom is -0.368 e. The van der Waals surface area contributed by atoms with Crippen molar-refractivity contribution in [3.63, 3.8) is 0 Å². The van der Waals surface area contributed by atoms with Crippen molar-refractivity contribution in [2.45, 2.75) is 25.9 Å². The summed E-state index contributed by atoms with van der Waals surface area (Å²) in [7, 11) is 5.63. The lowest BCUT2D eigenvalue weighted by molar-refractivity contribution is -0.123. The van der Waals surface area contributed by atoms with Crippen molar-refractivity contribution in [1.29, 1.82) is 0 Å². The van der Waals surface area contributed by atoms with Crippen molar-refractivity contribution in [3.05, 3.63) is 0 Å². The van der Waals surface area contributed by atoms with E-state index in [0.29, 0.717) is 19.1 Å². The van der Waals surface area contributed by atoms with Crippen LogP contribution in [0.5, 0.6) is 0 Å². The first-order valence-corrected chi connectivity index (χ1v) is 6.23. The third-order valence-electron chi connectivity index (χ3n) is 3.51. The number of urea groups is 1. The molecule has 0 radical (unpaired) electrons. The van der Waals surface area contributed by atoms with Gasteiger partial charge in [-0.25, -0.2) is 4.79 Å². The summed E-state index contributed by atoms with van der Waals surface area (Å²) in [4.78, 5) is 28.9. The van der Waals surface area contributed by atoms with Gasteiger partial charge in [-0.1, -0.05) is 13.8 Å². The Hall–Kier alpha value is -1.30. The van der Waals surface area contributed by atoms with Crippen LogP contribution in [0.1, 0.15) is 13.8 Å². The minimum atomic E-state index is -0.545. The molecule has 18 heavy (non-hydrogen) atoms. The van der Waals surface area contributed by atoms with Gasteiger partial charge in [-0.2, -0.15) is 0 Å². The van der Waals surface area contributed by atoms with E-state index in [1.807, 2.05) is 27.9 Å². The van der Waals surface area contributed by atoms with Gasteiger partial charge in [-0.05, 0) is 20.0 Å². The summed E-state index contributed by atoms with van der Waals surface area (Å²) in [5.74, 6) is -0.437. The Labute approximate surface area is 109 Å². The van der Waals surface area contributed by atoms with Crippen LogP contribution in [0.2, 0.25) is 0 Å². The summed E-state index contributed by atoms with van der Waals surface area (Å²) in [6, 6.07) is -0.255. The Morgan fingerprint density at radius 2 is 1.72 bits per heavy atom. The Morgan fingerprint density at radius 3 is 2.06 bits per heavy atom. The molecule has 1 aliphatic heterocycles. The number of nitrogens with zero attached hydrogens (tertiary/aromatic N) is 3. The summed E-state index contributed by atoms with van der Waals surface area (Å²) in [6.45, 7) is 5.19. The Balaban J connectivity index is 2.59. The van der Waals surface area contributed by atoms with Crippen LogP contribution in [0.4, 0.5) is 4.79 Å². The predicted octanol–water partition coefficient (Wildman–Crippen LogP) is -0.206. The van der Waals surface area contributed by atoms with Crippen molar-refractivity contribution in [2.24, 2.45) is 11.7 Å². The Bertz CT molecular complexity index is 324. The number of likely N-dealkylation sites (tertiary alicyclic amines) is 1. The lowest BCUT2D eigenvalue weighted by Gasteiger charge is -2.45. The van der Waals surface area contributed by atoms with E-state index in [1.54, 1.807) is 11.9 Å². The second kappa shape index (κ2) is 5.56. The van der Waals surface area contributed by atoms with Gasteiger partial charge in [-0.15, -0.1) is 0 Å². The standard InChI is InChI=1S/C12H24N4O2/c1-8(2)10(11(13)17)15(5)12(18)16-6-9(7-16)14(3)4/h8-10H,6-7H2,1-5H3,(H2,13,17)/t10-/m0/s1. The van der Waals surface area contributed by atoms with Gasteiger partial charge in [0.15, 0.2) is 0 Å². The third-order valence-corrected chi connectivity index (χ3v) is 3.51. The lowest BCUT2D eigenvalue weighted by atomic mass is 10.0. The molecule has 1 fully saturated rings. The molecule has 6 nitrogen and oxygen atoms in total. The maximum Gasteiger partial charge on any atom is 0.320 e. The van der Waals surface area contributed by atoms with Gasteiger partial charge < -0.3 is 20.4 Å². The molecule has 104 valence electrons. The number of hydrogen-bond donors (Lipinski definition) is 1. The molecule has 0 aromatic carbocycles. The van der Waals surface area contributed by atoms with Gasteiger partial charge in [0.1, 0.15) is 6.04 Å². The number of carbonyl (C=O) groups excluding carboxylic acids is 2. The van der Waals surface area contributed by atoms with Crippen LogP contribution in [0, 0.1) is 5.92 Å². The van der Waals surface area contributed by atoms with Crippen LogP contribution in [-0.2, 0) is 4.79 Å². The zero-order valence-corrected chi connectivity index (χ0v) is 11.9. The fourth-order valence-electron chi connectivity index (χ4n) is 2.25. The van der Waals surface area contributed by atoms with Gasteiger partial charge in [0.05, 0.1) is 0 Å².